The van der Waals surface area contributed by atoms with Gasteiger partial charge >= 0.3 is 0 Å². The van der Waals surface area contributed by atoms with Gasteiger partial charge in [0.25, 0.3) is 0 Å². The van der Waals surface area contributed by atoms with Crippen LogP contribution < -0.4 is 10.0 Å². The fourth-order valence-corrected chi connectivity index (χ4v) is 6.26. The van der Waals surface area contributed by atoms with Gasteiger partial charge in [-0.3, -0.25) is 4.79 Å². The van der Waals surface area contributed by atoms with Gasteiger partial charge in [0.15, 0.2) is 11.5 Å². The monoisotopic (exact) mass is 409 g/mol. The van der Waals surface area contributed by atoms with E-state index in [1.54, 1.807) is 6.07 Å². The summed E-state index contributed by atoms with van der Waals surface area (Å²) < 4.78 is 31.1. The van der Waals surface area contributed by atoms with Crippen LogP contribution in [0, 0.1) is 5.41 Å². The number of benzene rings is 1. The second-order valence-electron chi connectivity index (χ2n) is 8.16. The smallest absolute Gasteiger partial charge is 0.238 e. The number of oxazole rings is 1. The molecule has 3 fully saturated rings. The number of fused-ring (bicyclic) bond motifs is 1. The molecule has 0 radical (unpaired) electrons. The zero-order valence-corrected chi connectivity index (χ0v) is 16.1. The normalized spacial score (nSPS) is 34.3. The van der Waals surface area contributed by atoms with Crippen molar-refractivity contribution in [3.63, 3.8) is 0 Å². The van der Waals surface area contributed by atoms with Gasteiger partial charge in [-0.05, 0) is 55.7 Å². The van der Waals surface area contributed by atoms with E-state index in [9.17, 15) is 13.2 Å². The summed E-state index contributed by atoms with van der Waals surface area (Å²) >= 11 is 6.00. The molecule has 1 spiro atoms. The fraction of sp³-hybridized carbons (Fsp3) is 0.556. The van der Waals surface area contributed by atoms with E-state index < -0.39 is 16.1 Å². The molecule has 1 aliphatic heterocycles. The molecule has 2 aromatic rings. The minimum absolute atomic E-state index is 0.0249. The van der Waals surface area contributed by atoms with Gasteiger partial charge in [-0.1, -0.05) is 11.6 Å². The first-order valence-corrected chi connectivity index (χ1v) is 11.2. The minimum Gasteiger partial charge on any atom is -0.440 e. The molecule has 0 bridgehead atoms. The Morgan fingerprint density at radius 1 is 1.30 bits per heavy atom. The summed E-state index contributed by atoms with van der Waals surface area (Å²) in [5, 5.41) is 3.63. The molecule has 5 rings (SSSR count). The van der Waals surface area contributed by atoms with Crippen molar-refractivity contribution in [3.8, 4) is 0 Å². The average molecular weight is 410 g/mol. The van der Waals surface area contributed by atoms with Gasteiger partial charge in [-0.25, -0.2) is 18.1 Å². The quantitative estimate of drug-likeness (QED) is 0.810. The van der Waals surface area contributed by atoms with Crippen LogP contribution in [0.25, 0.3) is 11.1 Å². The lowest BCUT2D eigenvalue weighted by Gasteiger charge is -2.57. The Bertz CT molecular complexity index is 1020. The van der Waals surface area contributed by atoms with Crippen molar-refractivity contribution in [1.29, 1.82) is 0 Å². The SMILES string of the molecule is O=C(NC1CC2(C1)CC(c1nc3cc(Cl)ccc3o1)C2)C1CCS(=O)(=O)N1. The average Bonchev–Trinajstić information content (AvgIpc) is 3.10. The van der Waals surface area contributed by atoms with Crippen LogP contribution in [0.5, 0.6) is 0 Å². The van der Waals surface area contributed by atoms with Gasteiger partial charge in [0, 0.05) is 17.0 Å². The number of amides is 1. The highest BCUT2D eigenvalue weighted by atomic mass is 35.5. The summed E-state index contributed by atoms with van der Waals surface area (Å²) in [4.78, 5) is 16.8. The molecule has 1 aromatic heterocycles. The van der Waals surface area contributed by atoms with E-state index in [1.165, 1.54) is 0 Å². The van der Waals surface area contributed by atoms with Gasteiger partial charge in [0.2, 0.25) is 15.9 Å². The maximum Gasteiger partial charge on any atom is 0.238 e. The maximum atomic E-state index is 12.2. The molecule has 2 N–H and O–H groups in total. The van der Waals surface area contributed by atoms with Crippen molar-refractivity contribution in [1.82, 2.24) is 15.0 Å². The fourth-order valence-electron chi connectivity index (χ4n) is 4.77. The molecule has 27 heavy (non-hydrogen) atoms. The van der Waals surface area contributed by atoms with E-state index in [4.69, 9.17) is 16.0 Å². The molecule has 1 saturated heterocycles. The van der Waals surface area contributed by atoms with Crippen molar-refractivity contribution < 1.29 is 17.6 Å². The van der Waals surface area contributed by atoms with Crippen molar-refractivity contribution in [2.24, 2.45) is 5.41 Å². The van der Waals surface area contributed by atoms with Crippen LogP contribution in [-0.4, -0.2) is 37.1 Å². The Morgan fingerprint density at radius 3 is 2.78 bits per heavy atom. The minimum atomic E-state index is -3.27. The third-order valence-corrected chi connectivity index (χ3v) is 7.74. The summed E-state index contributed by atoms with van der Waals surface area (Å²) in [5.74, 6) is 0.903. The molecule has 9 heteroatoms. The van der Waals surface area contributed by atoms with Crippen molar-refractivity contribution >= 4 is 38.6 Å². The van der Waals surface area contributed by atoms with E-state index >= 15 is 0 Å². The largest absolute Gasteiger partial charge is 0.440 e. The number of carbonyl (C=O) groups is 1. The summed E-state index contributed by atoms with van der Waals surface area (Å²) in [6.45, 7) is 0. The lowest BCUT2D eigenvalue weighted by atomic mass is 9.50. The molecular weight excluding hydrogens is 390 g/mol. The van der Waals surface area contributed by atoms with E-state index in [1.807, 2.05) is 12.1 Å². The molecule has 3 aliphatic rings. The molecule has 1 atom stereocenters. The Labute approximate surface area is 161 Å². The standard InChI is InChI=1S/C18H20ClN3O4S/c19-11-1-2-15-14(5-11)21-17(26-15)10-6-18(7-10)8-12(9-18)20-16(23)13-3-4-27(24,25)22-13/h1-2,5,10,12-13,22H,3-4,6-9H2,(H,20,23). The summed E-state index contributed by atoms with van der Waals surface area (Å²) in [6, 6.07) is 4.96. The third kappa shape index (κ3) is 3.13. The van der Waals surface area contributed by atoms with Crippen LogP contribution in [0.4, 0.5) is 0 Å². The van der Waals surface area contributed by atoms with Gasteiger partial charge in [-0.15, -0.1) is 0 Å². The maximum absolute atomic E-state index is 12.2. The van der Waals surface area contributed by atoms with Gasteiger partial charge in [0.1, 0.15) is 11.6 Å². The number of nitrogens with one attached hydrogen (secondary N) is 2. The number of aromatic nitrogens is 1. The Hall–Kier alpha value is -1.64. The summed E-state index contributed by atoms with van der Waals surface area (Å²) in [5.41, 5.74) is 1.81. The molecule has 1 aromatic carbocycles. The van der Waals surface area contributed by atoms with E-state index in [0.717, 1.165) is 42.7 Å². The van der Waals surface area contributed by atoms with Gasteiger partial charge in [-0.2, -0.15) is 0 Å². The summed E-state index contributed by atoms with van der Waals surface area (Å²) in [7, 11) is -3.27. The number of rotatable bonds is 3. The zero-order chi connectivity index (χ0) is 18.8. The predicted molar refractivity (Wildman–Crippen MR) is 99.9 cm³/mol. The molecule has 2 saturated carbocycles. The molecule has 1 unspecified atom stereocenters. The number of carbonyl (C=O) groups excluding carboxylic acids is 1. The molecule has 1 amide bonds. The van der Waals surface area contributed by atoms with Crippen LogP contribution in [-0.2, 0) is 14.8 Å². The predicted octanol–water partition coefficient (Wildman–Crippen LogP) is 2.32. The number of sulfonamides is 1. The second-order valence-corrected chi connectivity index (χ2v) is 10.5. The topological polar surface area (TPSA) is 101 Å². The van der Waals surface area contributed by atoms with E-state index in [0.29, 0.717) is 17.4 Å². The highest BCUT2D eigenvalue weighted by Crippen LogP contribution is 2.61. The number of hydrogen-bond donors (Lipinski definition) is 2. The Balaban J connectivity index is 1.15. The number of nitrogens with zero attached hydrogens (tertiary/aromatic N) is 1. The first-order chi connectivity index (χ1) is 12.8. The molecule has 144 valence electrons. The van der Waals surface area contributed by atoms with E-state index in [2.05, 4.69) is 15.0 Å². The lowest BCUT2D eigenvalue weighted by Crippen LogP contribution is -2.57. The van der Waals surface area contributed by atoms with Gasteiger partial charge in [0.05, 0.1) is 5.75 Å². The molecule has 7 nitrogen and oxygen atoms in total. The zero-order valence-electron chi connectivity index (χ0n) is 14.6. The Morgan fingerprint density at radius 2 is 2.07 bits per heavy atom. The second kappa shape index (κ2) is 5.93. The van der Waals surface area contributed by atoms with Crippen molar-refractivity contribution in [3.05, 3.63) is 29.1 Å². The van der Waals surface area contributed by atoms with Crippen LogP contribution in [0.3, 0.4) is 0 Å². The number of halogens is 1. The first kappa shape index (κ1) is 17.5. The first-order valence-electron chi connectivity index (χ1n) is 9.17. The highest BCUT2D eigenvalue weighted by molar-refractivity contribution is 7.89. The van der Waals surface area contributed by atoms with Crippen LogP contribution >= 0.6 is 11.6 Å². The lowest BCUT2D eigenvalue weighted by molar-refractivity contribution is -0.126. The number of hydrogen-bond acceptors (Lipinski definition) is 5. The van der Waals surface area contributed by atoms with Crippen LogP contribution in [0.15, 0.2) is 22.6 Å². The van der Waals surface area contributed by atoms with Crippen molar-refractivity contribution in [2.75, 3.05) is 5.75 Å². The third-order valence-electron chi connectivity index (χ3n) is 6.09. The van der Waals surface area contributed by atoms with Crippen LogP contribution in [0.2, 0.25) is 5.02 Å². The summed E-state index contributed by atoms with van der Waals surface area (Å²) in [6.07, 6.45) is 4.23. The molecular formula is C18H20ClN3O4S. The van der Waals surface area contributed by atoms with E-state index in [-0.39, 0.29) is 23.1 Å². The Kier molecular flexibility index (Phi) is 3.83. The highest BCUT2D eigenvalue weighted by Gasteiger charge is 2.55. The molecule has 2 aliphatic carbocycles. The molecule has 2 heterocycles. The van der Waals surface area contributed by atoms with Crippen molar-refractivity contribution in [2.45, 2.75) is 50.1 Å². The van der Waals surface area contributed by atoms with Gasteiger partial charge < -0.3 is 9.73 Å². The van der Waals surface area contributed by atoms with Crippen LogP contribution in [0.1, 0.15) is 43.9 Å².